The third-order valence-electron chi connectivity index (χ3n) is 2.40. The lowest BCUT2D eigenvalue weighted by molar-refractivity contribution is 0.281. The minimum Gasteiger partial charge on any atom is -0.392 e. The predicted molar refractivity (Wildman–Crippen MR) is 70.0 cm³/mol. The van der Waals surface area contributed by atoms with Crippen molar-refractivity contribution in [1.82, 2.24) is 4.98 Å². The third kappa shape index (κ3) is 2.36. The Labute approximate surface area is 109 Å². The first-order valence-electron chi connectivity index (χ1n) is 4.93. The van der Waals surface area contributed by atoms with Crippen LogP contribution < -0.4 is 5.73 Å². The van der Waals surface area contributed by atoms with Gasteiger partial charge in [0, 0.05) is 17.3 Å². The summed E-state index contributed by atoms with van der Waals surface area (Å²) in [5.41, 5.74) is 7.85. The molecule has 3 N–H and O–H groups in total. The van der Waals surface area contributed by atoms with Gasteiger partial charge in [-0.25, -0.2) is 4.98 Å². The van der Waals surface area contributed by atoms with Gasteiger partial charge in [0.05, 0.1) is 16.7 Å². The number of benzene rings is 1. The van der Waals surface area contributed by atoms with Crippen molar-refractivity contribution in [2.75, 3.05) is 5.73 Å². The summed E-state index contributed by atoms with van der Waals surface area (Å²) >= 11 is 12.1. The van der Waals surface area contributed by atoms with Crippen molar-refractivity contribution in [2.45, 2.75) is 6.61 Å². The van der Waals surface area contributed by atoms with E-state index in [0.29, 0.717) is 32.6 Å². The molecule has 0 atom stereocenters. The number of hydrogen-bond donors (Lipinski definition) is 2. The summed E-state index contributed by atoms with van der Waals surface area (Å²) in [7, 11) is 0. The second-order valence-corrected chi connectivity index (χ2v) is 4.32. The Bertz CT molecular complexity index is 558. The van der Waals surface area contributed by atoms with Crippen LogP contribution in [0.5, 0.6) is 0 Å². The Balaban J connectivity index is 2.63. The molecule has 3 nitrogen and oxygen atoms in total. The molecule has 88 valence electrons. The average Bonchev–Trinajstić information content (AvgIpc) is 2.34. The van der Waals surface area contributed by atoms with E-state index in [1.807, 2.05) is 6.07 Å². The topological polar surface area (TPSA) is 59.1 Å². The van der Waals surface area contributed by atoms with Gasteiger partial charge in [-0.15, -0.1) is 0 Å². The zero-order valence-corrected chi connectivity index (χ0v) is 10.3. The zero-order valence-electron chi connectivity index (χ0n) is 8.82. The number of nitrogen functional groups attached to an aromatic ring is 1. The van der Waals surface area contributed by atoms with Gasteiger partial charge in [-0.05, 0) is 17.7 Å². The van der Waals surface area contributed by atoms with E-state index >= 15 is 0 Å². The van der Waals surface area contributed by atoms with Crippen LogP contribution in [0.2, 0.25) is 10.0 Å². The van der Waals surface area contributed by atoms with Crippen molar-refractivity contribution >= 4 is 29.0 Å². The van der Waals surface area contributed by atoms with Crippen LogP contribution in [0.25, 0.3) is 11.1 Å². The highest BCUT2D eigenvalue weighted by molar-refractivity contribution is 6.43. The lowest BCUT2D eigenvalue weighted by Gasteiger charge is -2.09. The summed E-state index contributed by atoms with van der Waals surface area (Å²) < 4.78 is 0. The van der Waals surface area contributed by atoms with E-state index in [1.54, 1.807) is 18.2 Å². The average molecular weight is 269 g/mol. The Hall–Kier alpha value is -1.29. The summed E-state index contributed by atoms with van der Waals surface area (Å²) in [6, 6.07) is 7.05. The molecule has 0 saturated carbocycles. The largest absolute Gasteiger partial charge is 0.392 e. The van der Waals surface area contributed by atoms with Crippen molar-refractivity contribution in [1.29, 1.82) is 0 Å². The molecule has 0 spiro atoms. The highest BCUT2D eigenvalue weighted by atomic mass is 35.5. The molecule has 0 aliphatic carbocycles. The van der Waals surface area contributed by atoms with E-state index in [9.17, 15) is 0 Å². The summed E-state index contributed by atoms with van der Waals surface area (Å²) in [5, 5.41) is 9.97. The van der Waals surface area contributed by atoms with Crippen molar-refractivity contribution in [3.8, 4) is 11.1 Å². The van der Waals surface area contributed by atoms with Gasteiger partial charge in [0.25, 0.3) is 0 Å². The lowest BCUT2D eigenvalue weighted by Crippen LogP contribution is -1.97. The number of halogens is 2. The first kappa shape index (κ1) is 12.2. The molecule has 0 amide bonds. The van der Waals surface area contributed by atoms with Gasteiger partial charge in [-0.1, -0.05) is 35.3 Å². The Morgan fingerprint density at radius 1 is 1.24 bits per heavy atom. The molecule has 0 bridgehead atoms. The minimum absolute atomic E-state index is 0.0987. The van der Waals surface area contributed by atoms with E-state index in [0.717, 1.165) is 0 Å². The molecular formula is C12H10Cl2N2O. The minimum atomic E-state index is -0.0987. The maximum absolute atomic E-state index is 9.08. The van der Waals surface area contributed by atoms with Crippen LogP contribution in [0.15, 0.2) is 30.5 Å². The highest BCUT2D eigenvalue weighted by Gasteiger charge is 2.11. The Morgan fingerprint density at radius 2 is 2.00 bits per heavy atom. The maximum Gasteiger partial charge on any atom is 0.131 e. The molecule has 1 aromatic heterocycles. The van der Waals surface area contributed by atoms with Crippen LogP contribution in [0.4, 0.5) is 5.82 Å². The van der Waals surface area contributed by atoms with Crippen LogP contribution in [-0.4, -0.2) is 10.1 Å². The van der Waals surface area contributed by atoms with Gasteiger partial charge >= 0.3 is 0 Å². The van der Waals surface area contributed by atoms with Gasteiger partial charge in [-0.2, -0.15) is 0 Å². The van der Waals surface area contributed by atoms with Gasteiger partial charge in [0.1, 0.15) is 5.82 Å². The van der Waals surface area contributed by atoms with Crippen LogP contribution in [-0.2, 0) is 6.61 Å². The molecule has 0 saturated heterocycles. The van der Waals surface area contributed by atoms with E-state index in [-0.39, 0.29) is 6.61 Å². The van der Waals surface area contributed by atoms with E-state index < -0.39 is 0 Å². The summed E-state index contributed by atoms with van der Waals surface area (Å²) in [5.74, 6) is 0.353. The fraction of sp³-hybridized carbons (Fsp3) is 0.0833. The Kier molecular flexibility index (Phi) is 3.52. The summed E-state index contributed by atoms with van der Waals surface area (Å²) in [4.78, 5) is 4.01. The normalized spacial score (nSPS) is 10.5. The van der Waals surface area contributed by atoms with Gasteiger partial charge in [0.15, 0.2) is 0 Å². The number of hydrogen-bond acceptors (Lipinski definition) is 3. The zero-order chi connectivity index (χ0) is 12.4. The van der Waals surface area contributed by atoms with Crippen LogP contribution in [0, 0.1) is 0 Å². The smallest absolute Gasteiger partial charge is 0.131 e. The number of rotatable bonds is 2. The second-order valence-electron chi connectivity index (χ2n) is 3.54. The molecule has 1 aromatic carbocycles. The molecule has 0 fully saturated rings. The fourth-order valence-corrected chi connectivity index (χ4v) is 1.93. The number of pyridine rings is 1. The molecule has 2 rings (SSSR count). The first-order chi connectivity index (χ1) is 8.13. The number of nitrogens with two attached hydrogens (primary N) is 1. The second kappa shape index (κ2) is 4.92. The van der Waals surface area contributed by atoms with Gasteiger partial charge < -0.3 is 10.8 Å². The van der Waals surface area contributed by atoms with Crippen molar-refractivity contribution in [3.63, 3.8) is 0 Å². The van der Waals surface area contributed by atoms with Crippen LogP contribution in [0.1, 0.15) is 5.56 Å². The molecule has 0 aliphatic heterocycles. The van der Waals surface area contributed by atoms with Crippen molar-refractivity contribution in [2.24, 2.45) is 0 Å². The number of aliphatic hydroxyl groups excluding tert-OH is 1. The lowest BCUT2D eigenvalue weighted by atomic mass is 10.0. The fourth-order valence-electron chi connectivity index (χ4n) is 1.53. The van der Waals surface area contributed by atoms with Crippen LogP contribution >= 0.6 is 23.2 Å². The molecule has 0 unspecified atom stereocenters. The standard InChI is InChI=1S/C12H10Cl2N2O/c13-10-3-1-2-8(11(10)14)9-4-7(6-17)5-16-12(9)15/h1-5,17H,6H2,(H2,15,16). The number of anilines is 1. The molecular weight excluding hydrogens is 259 g/mol. The van der Waals surface area contributed by atoms with Gasteiger partial charge in [0.2, 0.25) is 0 Å². The highest BCUT2D eigenvalue weighted by Crippen LogP contribution is 2.35. The Morgan fingerprint density at radius 3 is 2.71 bits per heavy atom. The predicted octanol–water partition coefficient (Wildman–Crippen LogP) is 3.13. The van der Waals surface area contributed by atoms with Gasteiger partial charge in [-0.3, -0.25) is 0 Å². The first-order valence-corrected chi connectivity index (χ1v) is 5.68. The van der Waals surface area contributed by atoms with Crippen molar-refractivity contribution in [3.05, 3.63) is 46.1 Å². The van der Waals surface area contributed by atoms with Crippen molar-refractivity contribution < 1.29 is 5.11 Å². The quantitative estimate of drug-likeness (QED) is 0.880. The van der Waals surface area contributed by atoms with E-state index in [1.165, 1.54) is 6.20 Å². The van der Waals surface area contributed by atoms with Crippen LogP contribution in [0.3, 0.4) is 0 Å². The molecule has 2 aromatic rings. The molecule has 17 heavy (non-hydrogen) atoms. The van der Waals surface area contributed by atoms with E-state index in [4.69, 9.17) is 34.0 Å². The summed E-state index contributed by atoms with van der Waals surface area (Å²) in [6.45, 7) is -0.0987. The monoisotopic (exact) mass is 268 g/mol. The SMILES string of the molecule is Nc1ncc(CO)cc1-c1cccc(Cl)c1Cl. The molecule has 5 heteroatoms. The summed E-state index contributed by atoms with van der Waals surface area (Å²) in [6.07, 6.45) is 1.53. The van der Waals surface area contributed by atoms with E-state index in [2.05, 4.69) is 4.98 Å². The number of nitrogens with zero attached hydrogens (tertiary/aromatic N) is 1. The molecule has 0 aliphatic rings. The number of aromatic nitrogens is 1. The molecule has 1 heterocycles. The number of aliphatic hydroxyl groups is 1. The third-order valence-corrected chi connectivity index (χ3v) is 3.22. The maximum atomic E-state index is 9.08. The molecule has 0 radical (unpaired) electrons.